The Balaban J connectivity index is 1.50. The van der Waals surface area contributed by atoms with E-state index in [4.69, 9.17) is 0 Å². The van der Waals surface area contributed by atoms with E-state index in [0.29, 0.717) is 42.1 Å². The Morgan fingerprint density at radius 1 is 1.13 bits per heavy atom. The first-order valence-electron chi connectivity index (χ1n) is 9.51. The van der Waals surface area contributed by atoms with Gasteiger partial charge < -0.3 is 15.5 Å². The number of hydrogen-bond donors (Lipinski definition) is 2. The van der Waals surface area contributed by atoms with Crippen molar-refractivity contribution in [1.29, 1.82) is 0 Å². The van der Waals surface area contributed by atoms with Gasteiger partial charge in [0.25, 0.3) is 5.82 Å². The molecule has 0 aliphatic carbocycles. The number of carbonyl (C=O) groups excluding carboxylic acids is 1. The zero-order valence-electron chi connectivity index (χ0n) is 16.7. The molecule has 0 unspecified atom stereocenters. The van der Waals surface area contributed by atoms with Gasteiger partial charge in [-0.05, 0) is 44.5 Å². The molecule has 1 fully saturated rings. The smallest absolute Gasteiger partial charge is 0.353 e. The second-order valence-corrected chi connectivity index (χ2v) is 7.37. The lowest BCUT2D eigenvalue weighted by molar-refractivity contribution is -0.146. The highest BCUT2D eigenvalue weighted by molar-refractivity contribution is 5.89. The number of anilines is 2. The van der Waals surface area contributed by atoms with Crippen molar-refractivity contribution in [1.82, 2.24) is 25.1 Å². The molecule has 3 aromatic rings. The number of amides is 2. The topological polar surface area (TPSA) is 87.5 Å². The maximum atomic E-state index is 13.2. The molecule has 31 heavy (non-hydrogen) atoms. The van der Waals surface area contributed by atoms with Crippen molar-refractivity contribution in [2.24, 2.45) is 0 Å². The Bertz CT molecular complexity index is 1130. The lowest BCUT2D eigenvalue weighted by Crippen LogP contribution is -2.40. The Kier molecular flexibility index (Phi) is 5.15. The Hall–Kier alpha value is -3.44. The number of carbonyl (C=O) groups is 1. The zero-order chi connectivity index (χ0) is 22.3. The van der Waals surface area contributed by atoms with E-state index in [-0.39, 0.29) is 11.7 Å². The molecule has 0 bridgehead atoms. The van der Waals surface area contributed by atoms with Crippen LogP contribution in [0.2, 0.25) is 0 Å². The number of aromatic nitrogens is 4. The average Bonchev–Trinajstić information content (AvgIpc) is 3.33. The summed E-state index contributed by atoms with van der Waals surface area (Å²) in [5, 5.41) is 16.5. The van der Waals surface area contributed by atoms with Crippen LogP contribution in [0.25, 0.3) is 5.65 Å². The minimum absolute atomic E-state index is 0.0566. The molecule has 0 radical (unpaired) electrons. The first kappa shape index (κ1) is 20.8. The molecule has 4 rings (SSSR count). The molecule has 1 saturated heterocycles. The summed E-state index contributed by atoms with van der Waals surface area (Å²) in [6.45, 7) is 4.32. The van der Waals surface area contributed by atoms with Gasteiger partial charge in [0.15, 0.2) is 11.5 Å². The SMILES string of the molecule is Cc1c(N2CC[C@H](NC(=O)Nc3ccc(F)cc3)C2)nn2c(C(F)(F)F)nnc2c1C. The van der Waals surface area contributed by atoms with Crippen LogP contribution >= 0.6 is 0 Å². The molecule has 8 nitrogen and oxygen atoms in total. The van der Waals surface area contributed by atoms with E-state index in [1.807, 2.05) is 4.90 Å². The predicted octanol–water partition coefficient (Wildman–Crippen LogP) is 3.30. The van der Waals surface area contributed by atoms with Crippen LogP contribution < -0.4 is 15.5 Å². The van der Waals surface area contributed by atoms with Crippen molar-refractivity contribution in [3.8, 4) is 0 Å². The van der Waals surface area contributed by atoms with Gasteiger partial charge in [-0.2, -0.15) is 17.7 Å². The molecule has 0 spiro atoms. The third-order valence-electron chi connectivity index (χ3n) is 5.25. The molecule has 2 aromatic heterocycles. The van der Waals surface area contributed by atoms with E-state index in [0.717, 1.165) is 4.52 Å². The monoisotopic (exact) mass is 437 g/mol. The Morgan fingerprint density at radius 2 is 1.84 bits per heavy atom. The molecule has 1 aliphatic heterocycles. The van der Waals surface area contributed by atoms with Crippen molar-refractivity contribution in [2.45, 2.75) is 32.5 Å². The fourth-order valence-electron chi connectivity index (χ4n) is 3.55. The molecule has 2 amide bonds. The van der Waals surface area contributed by atoms with Gasteiger partial charge in [0.2, 0.25) is 0 Å². The van der Waals surface area contributed by atoms with E-state index in [9.17, 15) is 22.4 Å². The zero-order valence-corrected chi connectivity index (χ0v) is 16.7. The van der Waals surface area contributed by atoms with Crippen LogP contribution in [0.3, 0.4) is 0 Å². The van der Waals surface area contributed by atoms with Crippen molar-refractivity contribution in [2.75, 3.05) is 23.3 Å². The van der Waals surface area contributed by atoms with Gasteiger partial charge >= 0.3 is 12.2 Å². The van der Waals surface area contributed by atoms with Crippen molar-refractivity contribution < 1.29 is 22.4 Å². The standard InChI is InChI=1S/C19H19F4N7O/c1-10-11(2)16(28-30-15(10)26-27-17(30)19(21,22)23)29-8-7-14(9-29)25-18(31)24-13-5-3-12(20)4-6-13/h3-6,14H,7-9H2,1-2H3,(H2,24,25,31)/t14-/m0/s1. The van der Waals surface area contributed by atoms with Crippen molar-refractivity contribution >= 4 is 23.2 Å². The summed E-state index contributed by atoms with van der Waals surface area (Å²) in [6.07, 6.45) is -4.09. The highest BCUT2D eigenvalue weighted by atomic mass is 19.4. The first-order valence-corrected chi connectivity index (χ1v) is 9.51. The molecular formula is C19H19F4N7O. The molecule has 1 aromatic carbocycles. The number of rotatable bonds is 3. The minimum atomic E-state index is -4.68. The number of alkyl halides is 3. The number of fused-ring (bicyclic) bond motifs is 1. The van der Waals surface area contributed by atoms with Gasteiger partial charge in [0.05, 0.1) is 0 Å². The summed E-state index contributed by atoms with van der Waals surface area (Å²) >= 11 is 0. The summed E-state index contributed by atoms with van der Waals surface area (Å²) < 4.78 is 53.4. The third-order valence-corrected chi connectivity index (χ3v) is 5.25. The van der Waals surface area contributed by atoms with Crippen LogP contribution in [-0.2, 0) is 6.18 Å². The summed E-state index contributed by atoms with van der Waals surface area (Å²) in [6, 6.07) is 4.67. The maximum absolute atomic E-state index is 13.2. The highest BCUT2D eigenvalue weighted by Gasteiger charge is 2.38. The second-order valence-electron chi connectivity index (χ2n) is 7.37. The number of halogens is 4. The summed E-state index contributed by atoms with van der Waals surface area (Å²) in [7, 11) is 0. The fraction of sp³-hybridized carbons (Fsp3) is 0.368. The molecule has 164 valence electrons. The molecule has 12 heteroatoms. The van der Waals surface area contributed by atoms with Crippen LogP contribution in [-0.4, -0.2) is 45.0 Å². The minimum Gasteiger partial charge on any atom is -0.353 e. The molecule has 1 aliphatic rings. The largest absolute Gasteiger partial charge is 0.453 e. The van der Waals surface area contributed by atoms with E-state index < -0.39 is 23.8 Å². The summed E-state index contributed by atoms with van der Waals surface area (Å²) in [5.74, 6) is -1.20. The van der Waals surface area contributed by atoms with Gasteiger partial charge in [-0.1, -0.05) is 0 Å². The quantitative estimate of drug-likeness (QED) is 0.614. The van der Waals surface area contributed by atoms with Crippen LogP contribution in [0, 0.1) is 19.7 Å². The third kappa shape index (κ3) is 4.09. The number of nitrogens with zero attached hydrogens (tertiary/aromatic N) is 5. The molecule has 0 saturated carbocycles. The van der Waals surface area contributed by atoms with Crippen molar-refractivity contribution in [3.63, 3.8) is 0 Å². The molecule has 3 heterocycles. The predicted molar refractivity (Wildman–Crippen MR) is 104 cm³/mol. The molecular weight excluding hydrogens is 418 g/mol. The van der Waals surface area contributed by atoms with Crippen LogP contribution in [0.4, 0.5) is 33.9 Å². The number of hydrogen-bond acceptors (Lipinski definition) is 5. The lowest BCUT2D eigenvalue weighted by atomic mass is 10.2. The summed E-state index contributed by atoms with van der Waals surface area (Å²) in [4.78, 5) is 14.0. The van der Waals surface area contributed by atoms with E-state index in [2.05, 4.69) is 25.9 Å². The second kappa shape index (κ2) is 7.67. The highest BCUT2D eigenvalue weighted by Crippen LogP contribution is 2.31. The van der Waals surface area contributed by atoms with Gasteiger partial charge in [-0.3, -0.25) is 0 Å². The molecule has 1 atom stereocenters. The Labute approximate surface area is 174 Å². The average molecular weight is 437 g/mol. The number of benzene rings is 1. The van der Waals surface area contributed by atoms with Crippen LogP contribution in [0.15, 0.2) is 24.3 Å². The van der Waals surface area contributed by atoms with Gasteiger partial charge in [0, 0.05) is 35.9 Å². The van der Waals surface area contributed by atoms with Crippen LogP contribution in [0.5, 0.6) is 0 Å². The van der Waals surface area contributed by atoms with Crippen molar-refractivity contribution in [3.05, 3.63) is 47.0 Å². The summed E-state index contributed by atoms with van der Waals surface area (Å²) in [5.41, 5.74) is 1.75. The van der Waals surface area contributed by atoms with E-state index in [1.54, 1.807) is 13.8 Å². The Morgan fingerprint density at radius 3 is 2.52 bits per heavy atom. The maximum Gasteiger partial charge on any atom is 0.453 e. The van der Waals surface area contributed by atoms with Gasteiger partial charge in [-0.15, -0.1) is 15.3 Å². The number of urea groups is 1. The first-order chi connectivity index (χ1) is 14.6. The van der Waals surface area contributed by atoms with Crippen LogP contribution in [0.1, 0.15) is 23.4 Å². The molecule has 2 N–H and O–H groups in total. The van der Waals surface area contributed by atoms with Gasteiger partial charge in [0.1, 0.15) is 5.82 Å². The fourth-order valence-corrected chi connectivity index (χ4v) is 3.55. The lowest BCUT2D eigenvalue weighted by Gasteiger charge is -2.21. The normalized spacial score (nSPS) is 16.7. The van der Waals surface area contributed by atoms with Gasteiger partial charge in [-0.25, -0.2) is 9.18 Å². The van der Waals surface area contributed by atoms with E-state index >= 15 is 0 Å². The number of aryl methyl sites for hydroxylation is 1. The van der Waals surface area contributed by atoms with E-state index in [1.165, 1.54) is 24.3 Å². The number of nitrogens with one attached hydrogen (secondary N) is 2.